The van der Waals surface area contributed by atoms with Gasteiger partial charge in [-0.3, -0.25) is 0 Å². The number of fused-ring (bicyclic) bond motifs is 9. The molecule has 0 aliphatic heterocycles. The van der Waals surface area contributed by atoms with E-state index in [1.165, 1.54) is 95.3 Å². The second-order valence-corrected chi connectivity index (χ2v) is 14.1. The van der Waals surface area contributed by atoms with E-state index in [-0.39, 0.29) is 0 Å². The molecule has 0 radical (unpaired) electrons. The molecule has 0 nitrogen and oxygen atoms in total. The SMILES string of the molecule is c1ccc(-c2c3ccccc3c(-c3ccc(-c4ccc5c(c4)sc4c5ccc5c6ccccc6sc54)cc3)c3ccccc23)cc1. The second-order valence-electron chi connectivity index (χ2n) is 12.0. The Morgan fingerprint density at radius 1 is 0.261 bits per heavy atom. The summed E-state index contributed by atoms with van der Waals surface area (Å²) < 4.78 is 5.51. The summed E-state index contributed by atoms with van der Waals surface area (Å²) in [4.78, 5) is 0. The van der Waals surface area contributed by atoms with E-state index in [1.54, 1.807) is 0 Å². The molecule has 0 saturated carbocycles. The van der Waals surface area contributed by atoms with Crippen molar-refractivity contribution in [2.45, 2.75) is 0 Å². The van der Waals surface area contributed by atoms with Crippen LogP contribution in [0, 0.1) is 0 Å². The Kier molecular flexibility index (Phi) is 5.72. The second kappa shape index (κ2) is 10.1. The summed E-state index contributed by atoms with van der Waals surface area (Å²) in [5, 5.41) is 10.6. The van der Waals surface area contributed by atoms with Gasteiger partial charge in [0.15, 0.2) is 0 Å². The Morgan fingerprint density at radius 2 is 0.674 bits per heavy atom. The molecule has 0 atom stereocenters. The molecule has 2 heteroatoms. The van der Waals surface area contributed by atoms with E-state index in [0.717, 1.165) is 0 Å². The van der Waals surface area contributed by atoms with Crippen LogP contribution in [0.2, 0.25) is 0 Å². The first kappa shape index (κ1) is 26.0. The van der Waals surface area contributed by atoms with Crippen molar-refractivity contribution in [3.05, 3.63) is 158 Å². The van der Waals surface area contributed by atoms with Crippen molar-refractivity contribution in [2.24, 2.45) is 0 Å². The quantitative estimate of drug-likeness (QED) is 0.173. The van der Waals surface area contributed by atoms with Crippen LogP contribution in [-0.4, -0.2) is 0 Å². The third-order valence-electron chi connectivity index (χ3n) is 9.49. The molecule has 8 aromatic carbocycles. The van der Waals surface area contributed by atoms with Gasteiger partial charge in [-0.2, -0.15) is 0 Å². The highest BCUT2D eigenvalue weighted by Crippen LogP contribution is 2.46. The van der Waals surface area contributed by atoms with Gasteiger partial charge in [0.25, 0.3) is 0 Å². The zero-order valence-electron chi connectivity index (χ0n) is 24.8. The van der Waals surface area contributed by atoms with Gasteiger partial charge in [0.2, 0.25) is 0 Å². The van der Waals surface area contributed by atoms with Crippen LogP contribution < -0.4 is 0 Å². The summed E-state index contributed by atoms with van der Waals surface area (Å²) in [6.45, 7) is 0. The lowest BCUT2D eigenvalue weighted by Crippen LogP contribution is -1.90. The molecule has 0 bridgehead atoms. The topological polar surface area (TPSA) is 0 Å². The minimum atomic E-state index is 1.24. The summed E-state index contributed by atoms with van der Waals surface area (Å²) in [6, 6.07) is 58.1. The van der Waals surface area contributed by atoms with E-state index in [9.17, 15) is 0 Å². The highest BCUT2D eigenvalue weighted by Gasteiger charge is 2.17. The predicted molar refractivity (Wildman–Crippen MR) is 204 cm³/mol. The fourth-order valence-corrected chi connectivity index (χ4v) is 9.96. The number of rotatable bonds is 3. The van der Waals surface area contributed by atoms with Crippen molar-refractivity contribution in [1.82, 2.24) is 0 Å². The van der Waals surface area contributed by atoms with Gasteiger partial charge in [0.1, 0.15) is 0 Å². The molecular weight excluding hydrogens is 593 g/mol. The van der Waals surface area contributed by atoms with Crippen molar-refractivity contribution in [2.75, 3.05) is 0 Å². The Morgan fingerprint density at radius 3 is 1.28 bits per heavy atom. The Balaban J connectivity index is 1.11. The predicted octanol–water partition coefficient (Wildman–Crippen LogP) is 13.7. The fraction of sp³-hybridized carbons (Fsp3) is 0. The maximum absolute atomic E-state index is 2.38. The minimum Gasteiger partial charge on any atom is -0.134 e. The maximum atomic E-state index is 2.38. The van der Waals surface area contributed by atoms with Crippen LogP contribution in [0.5, 0.6) is 0 Å². The molecular formula is C44H26S2. The molecule has 10 rings (SSSR count). The number of thiophene rings is 2. The number of hydrogen-bond acceptors (Lipinski definition) is 2. The summed E-state index contributed by atoms with van der Waals surface area (Å²) in [5.41, 5.74) is 7.59. The third-order valence-corrected chi connectivity index (χ3v) is 12.0. The lowest BCUT2D eigenvalue weighted by atomic mass is 9.86. The van der Waals surface area contributed by atoms with Crippen LogP contribution in [0.1, 0.15) is 0 Å². The molecule has 2 aromatic heterocycles. The Hall–Kier alpha value is -5.28. The van der Waals surface area contributed by atoms with E-state index >= 15 is 0 Å². The zero-order valence-corrected chi connectivity index (χ0v) is 26.5. The molecule has 214 valence electrons. The fourth-order valence-electron chi connectivity index (χ4n) is 7.38. The van der Waals surface area contributed by atoms with Crippen molar-refractivity contribution >= 4 is 84.6 Å². The van der Waals surface area contributed by atoms with Gasteiger partial charge < -0.3 is 0 Å². The molecule has 0 aliphatic rings. The van der Waals surface area contributed by atoms with Crippen LogP contribution in [0.25, 0.3) is 95.3 Å². The molecule has 0 saturated heterocycles. The van der Waals surface area contributed by atoms with Crippen molar-refractivity contribution in [3.8, 4) is 33.4 Å². The van der Waals surface area contributed by atoms with Gasteiger partial charge in [-0.25, -0.2) is 0 Å². The van der Waals surface area contributed by atoms with E-state index in [1.807, 2.05) is 22.7 Å². The first-order chi connectivity index (χ1) is 22.8. The molecule has 0 unspecified atom stereocenters. The van der Waals surface area contributed by atoms with Gasteiger partial charge in [0.05, 0.1) is 9.40 Å². The normalized spacial score (nSPS) is 11.9. The lowest BCUT2D eigenvalue weighted by molar-refractivity contribution is 1.63. The Bertz CT molecular complexity index is 2720. The van der Waals surface area contributed by atoms with Crippen LogP contribution in [0.15, 0.2) is 158 Å². The summed E-state index contributed by atoms with van der Waals surface area (Å²) in [7, 11) is 0. The van der Waals surface area contributed by atoms with Gasteiger partial charge in [0, 0.05) is 30.9 Å². The monoisotopic (exact) mass is 618 g/mol. The van der Waals surface area contributed by atoms with Crippen molar-refractivity contribution < 1.29 is 0 Å². The Labute approximate surface area is 274 Å². The van der Waals surface area contributed by atoms with E-state index < -0.39 is 0 Å². The first-order valence-corrected chi connectivity index (χ1v) is 17.3. The van der Waals surface area contributed by atoms with E-state index in [4.69, 9.17) is 0 Å². The molecule has 0 spiro atoms. The highest BCUT2D eigenvalue weighted by atomic mass is 32.1. The molecule has 0 N–H and O–H groups in total. The molecule has 0 amide bonds. The van der Waals surface area contributed by atoms with E-state index in [2.05, 4.69) is 158 Å². The number of hydrogen-bond donors (Lipinski definition) is 0. The minimum absolute atomic E-state index is 1.24. The van der Waals surface area contributed by atoms with Gasteiger partial charge in [-0.1, -0.05) is 146 Å². The van der Waals surface area contributed by atoms with Gasteiger partial charge in [-0.05, 0) is 67.1 Å². The van der Waals surface area contributed by atoms with Crippen LogP contribution in [0.4, 0.5) is 0 Å². The van der Waals surface area contributed by atoms with Gasteiger partial charge in [-0.15, -0.1) is 22.7 Å². The highest BCUT2D eigenvalue weighted by molar-refractivity contribution is 7.33. The van der Waals surface area contributed by atoms with Crippen LogP contribution >= 0.6 is 22.7 Å². The van der Waals surface area contributed by atoms with Crippen LogP contribution in [0.3, 0.4) is 0 Å². The first-order valence-electron chi connectivity index (χ1n) is 15.7. The van der Waals surface area contributed by atoms with Crippen molar-refractivity contribution in [1.29, 1.82) is 0 Å². The van der Waals surface area contributed by atoms with E-state index in [0.29, 0.717) is 0 Å². The lowest BCUT2D eigenvalue weighted by Gasteiger charge is -2.18. The standard InChI is InChI=1S/C44H26S2/c1-2-10-28(11-3-1)41-33-13-4-6-15-35(33)42(36-16-7-5-14-34(36)41)29-20-18-27(19-21-29)30-22-23-32-38-25-24-37-31-12-8-9-17-39(31)45-43(37)44(38)46-40(32)26-30/h1-26H. The summed E-state index contributed by atoms with van der Waals surface area (Å²) in [5.74, 6) is 0. The molecule has 2 heterocycles. The molecule has 46 heavy (non-hydrogen) atoms. The van der Waals surface area contributed by atoms with Gasteiger partial charge >= 0.3 is 0 Å². The average Bonchev–Trinajstić information content (AvgIpc) is 3.69. The smallest absolute Gasteiger partial charge is 0.0534 e. The summed E-state index contributed by atoms with van der Waals surface area (Å²) >= 11 is 3.85. The average molecular weight is 619 g/mol. The van der Waals surface area contributed by atoms with Crippen LogP contribution in [-0.2, 0) is 0 Å². The largest absolute Gasteiger partial charge is 0.134 e. The summed E-state index contributed by atoms with van der Waals surface area (Å²) in [6.07, 6.45) is 0. The molecule has 0 fully saturated rings. The molecule has 0 aliphatic carbocycles. The third kappa shape index (κ3) is 3.84. The number of benzene rings is 8. The maximum Gasteiger partial charge on any atom is 0.0534 e. The zero-order chi connectivity index (χ0) is 30.2. The molecule has 10 aromatic rings. The van der Waals surface area contributed by atoms with Crippen molar-refractivity contribution in [3.63, 3.8) is 0 Å².